The number of fused-ring (bicyclic) bond motifs is 4. The zero-order chi connectivity index (χ0) is 50.9. The lowest BCUT2D eigenvalue weighted by Crippen LogP contribution is -2.45. The first-order valence-electron chi connectivity index (χ1n) is 25.5. The van der Waals surface area contributed by atoms with Crippen LogP contribution in [0.2, 0.25) is 0 Å². The van der Waals surface area contributed by atoms with Crippen LogP contribution in [-0.2, 0) is 6.54 Å². The molecule has 3 aliphatic rings. The number of hydrogen-bond acceptors (Lipinski definition) is 14. The molecule has 0 amide bonds. The second-order valence-corrected chi connectivity index (χ2v) is 20.2. The SMILES string of the molecule is CCN1CC2CC1CN2Cc1ccc(Nc2ncc(F)c(-c3ccc4nc(C)n(C(C)C)c4c3)n2)nc1.Cc1nc2ccc(-c3nc(Nc4ccc(OCC5CCN(C)CC5)cn4)ncc3F)cc2n1C(C)C. The molecular weight excluding hydrogens is 925 g/mol. The Morgan fingerprint density at radius 1 is 0.644 bits per heavy atom. The molecule has 2 unspecified atom stereocenters. The molecule has 73 heavy (non-hydrogen) atoms. The van der Waals surface area contributed by atoms with Crippen LogP contribution >= 0.6 is 0 Å². The van der Waals surface area contributed by atoms with Crippen molar-refractivity contribution in [3.63, 3.8) is 0 Å². The summed E-state index contributed by atoms with van der Waals surface area (Å²) in [6.07, 6.45) is 9.55. The molecule has 0 spiro atoms. The summed E-state index contributed by atoms with van der Waals surface area (Å²) in [5.74, 6) is 3.97. The minimum absolute atomic E-state index is 0.224. The molecule has 380 valence electrons. The number of nitrogens with zero attached hydrogens (tertiary/aromatic N) is 13. The lowest BCUT2D eigenvalue weighted by molar-refractivity contribution is 0.127. The van der Waals surface area contributed by atoms with Crippen molar-refractivity contribution >= 4 is 45.6 Å². The van der Waals surface area contributed by atoms with E-state index in [2.05, 4.69) is 122 Å². The molecule has 9 heterocycles. The summed E-state index contributed by atoms with van der Waals surface area (Å²) in [6, 6.07) is 20.9. The van der Waals surface area contributed by atoms with Crippen molar-refractivity contribution in [2.75, 3.05) is 57.0 Å². The fraction of sp³-hybridized carbons (Fsp3) is 0.418. The van der Waals surface area contributed by atoms with Gasteiger partial charge in [-0.2, -0.15) is 0 Å². The number of rotatable bonds is 14. The van der Waals surface area contributed by atoms with Crippen LogP contribution in [0.1, 0.15) is 83.2 Å². The molecule has 16 nitrogen and oxygen atoms in total. The van der Waals surface area contributed by atoms with Gasteiger partial charge in [0.1, 0.15) is 40.4 Å². The Balaban J connectivity index is 0.000000168. The summed E-state index contributed by atoms with van der Waals surface area (Å²) >= 11 is 0. The molecule has 2 bridgehead atoms. The number of aromatic nitrogens is 10. The predicted octanol–water partition coefficient (Wildman–Crippen LogP) is 10.3. The largest absolute Gasteiger partial charge is 0.492 e. The van der Waals surface area contributed by atoms with Crippen molar-refractivity contribution < 1.29 is 13.5 Å². The van der Waals surface area contributed by atoms with Gasteiger partial charge in [-0.1, -0.05) is 25.1 Å². The molecule has 6 aromatic heterocycles. The molecule has 18 heteroatoms. The zero-order valence-electron chi connectivity index (χ0n) is 43.0. The predicted molar refractivity (Wildman–Crippen MR) is 282 cm³/mol. The molecule has 11 rings (SSSR count). The van der Waals surface area contributed by atoms with Gasteiger partial charge in [0, 0.05) is 61.1 Å². The Bertz CT molecular complexity index is 3200. The number of piperazine rings is 1. The summed E-state index contributed by atoms with van der Waals surface area (Å²) in [5, 5.41) is 6.21. The summed E-state index contributed by atoms with van der Waals surface area (Å²) in [7, 11) is 2.16. The highest BCUT2D eigenvalue weighted by molar-refractivity contribution is 5.83. The minimum atomic E-state index is -0.488. The molecule has 3 aliphatic heterocycles. The lowest BCUT2D eigenvalue weighted by atomic mass is 9.98. The van der Waals surface area contributed by atoms with Crippen LogP contribution in [0.5, 0.6) is 5.75 Å². The van der Waals surface area contributed by atoms with Gasteiger partial charge in [-0.05, 0) is 141 Å². The number of benzene rings is 2. The van der Waals surface area contributed by atoms with E-state index in [-0.39, 0.29) is 29.4 Å². The summed E-state index contributed by atoms with van der Waals surface area (Å²) < 4.78 is 39.8. The van der Waals surface area contributed by atoms with Gasteiger partial charge < -0.3 is 29.4 Å². The number of halogens is 2. The number of imidazole rings is 2. The molecule has 8 aromatic rings. The second-order valence-electron chi connectivity index (χ2n) is 20.2. The number of pyridine rings is 2. The monoisotopic (exact) mass is 990 g/mol. The summed E-state index contributed by atoms with van der Waals surface area (Å²) in [5.41, 5.74) is 6.68. The number of aryl methyl sites for hydroxylation is 2. The van der Waals surface area contributed by atoms with E-state index in [1.807, 2.05) is 74.6 Å². The first-order chi connectivity index (χ1) is 35.3. The van der Waals surface area contributed by atoms with Gasteiger partial charge in [0.25, 0.3) is 0 Å². The van der Waals surface area contributed by atoms with Crippen molar-refractivity contribution in [1.29, 1.82) is 0 Å². The highest BCUT2D eigenvalue weighted by Crippen LogP contribution is 2.33. The Morgan fingerprint density at radius 2 is 1.18 bits per heavy atom. The van der Waals surface area contributed by atoms with Crippen LogP contribution < -0.4 is 15.4 Å². The molecule has 0 saturated carbocycles. The topological polar surface area (TPSA) is 156 Å². The molecule has 2 N–H and O–H groups in total. The number of likely N-dealkylation sites (N-methyl/N-ethyl adjacent to an activating group) is 1. The molecule has 3 fully saturated rings. The molecule has 0 aliphatic carbocycles. The first kappa shape index (κ1) is 49.6. The van der Waals surface area contributed by atoms with Gasteiger partial charge in [0.2, 0.25) is 11.9 Å². The van der Waals surface area contributed by atoms with Crippen LogP contribution in [0, 0.1) is 31.4 Å². The third-order valence-corrected chi connectivity index (χ3v) is 14.4. The highest BCUT2D eigenvalue weighted by Gasteiger charge is 2.42. The maximum atomic E-state index is 14.8. The van der Waals surface area contributed by atoms with E-state index in [4.69, 9.17) is 4.74 Å². The number of hydrogen-bond donors (Lipinski definition) is 2. The van der Waals surface area contributed by atoms with Crippen molar-refractivity contribution in [3.8, 4) is 28.3 Å². The molecule has 2 aromatic carbocycles. The fourth-order valence-electron chi connectivity index (χ4n) is 10.7. The van der Waals surface area contributed by atoms with Gasteiger partial charge in [-0.15, -0.1) is 0 Å². The normalized spacial score (nSPS) is 17.5. The third kappa shape index (κ3) is 10.9. The quantitative estimate of drug-likeness (QED) is 0.106. The number of likely N-dealkylation sites (tertiary alicyclic amines) is 3. The maximum absolute atomic E-state index is 14.8. The Labute approximate surface area is 425 Å². The van der Waals surface area contributed by atoms with E-state index in [0.29, 0.717) is 53.3 Å². The van der Waals surface area contributed by atoms with E-state index in [9.17, 15) is 8.78 Å². The van der Waals surface area contributed by atoms with Crippen molar-refractivity contribution in [2.24, 2.45) is 5.92 Å². The number of anilines is 4. The van der Waals surface area contributed by atoms with E-state index in [1.165, 1.54) is 30.9 Å². The standard InChI is InChI=1S/C28H33FN8.C27H32FN7O/c1-5-35-15-22-11-21(35)16-36(22)14-19-6-9-26(30-12-19)33-28-31-13-23(29)27(34-28)20-7-8-24-25(10-20)37(17(2)3)18(4)32-24;1-17(2)35-18(3)31-23-7-5-20(13-24(23)35)26-22(28)15-30-27(33-26)32-25-8-6-21(14-29-25)36-16-19-9-11-34(4)12-10-19/h6-10,12-13,17,21-22H,5,11,14-16H2,1-4H3,(H,30,31,33,34);5-8,13-15,17,19H,9-12,16H2,1-4H3,(H,29,30,32,33). The fourth-order valence-corrected chi connectivity index (χ4v) is 10.7. The van der Waals surface area contributed by atoms with Gasteiger partial charge in [0.15, 0.2) is 11.6 Å². The second kappa shape index (κ2) is 21.2. The first-order valence-corrected chi connectivity index (χ1v) is 25.5. The van der Waals surface area contributed by atoms with Crippen LogP contribution in [-0.4, -0.2) is 122 Å². The van der Waals surface area contributed by atoms with Gasteiger partial charge in [0.05, 0.1) is 47.3 Å². The maximum Gasteiger partial charge on any atom is 0.229 e. The van der Waals surface area contributed by atoms with Gasteiger partial charge >= 0.3 is 0 Å². The van der Waals surface area contributed by atoms with Crippen LogP contribution in [0.15, 0.2) is 85.5 Å². The van der Waals surface area contributed by atoms with Crippen LogP contribution in [0.25, 0.3) is 44.6 Å². The van der Waals surface area contributed by atoms with Crippen molar-refractivity contribution in [1.82, 2.24) is 63.7 Å². The molecule has 0 radical (unpaired) electrons. The minimum Gasteiger partial charge on any atom is -0.492 e. The van der Waals surface area contributed by atoms with Crippen LogP contribution in [0.3, 0.4) is 0 Å². The number of piperidine rings is 1. The zero-order valence-corrected chi connectivity index (χ0v) is 43.0. The lowest BCUT2D eigenvalue weighted by Gasteiger charge is -2.33. The van der Waals surface area contributed by atoms with Gasteiger partial charge in [-0.25, -0.2) is 48.7 Å². The number of ether oxygens (including phenoxy) is 1. The van der Waals surface area contributed by atoms with Crippen molar-refractivity contribution in [3.05, 3.63) is 114 Å². The Kier molecular flexibility index (Phi) is 14.4. The number of nitrogens with one attached hydrogen (secondary N) is 2. The Morgan fingerprint density at radius 3 is 1.66 bits per heavy atom. The summed E-state index contributed by atoms with van der Waals surface area (Å²) in [6.45, 7) is 21.9. The van der Waals surface area contributed by atoms with E-state index in [0.717, 1.165) is 85.0 Å². The smallest absolute Gasteiger partial charge is 0.229 e. The van der Waals surface area contributed by atoms with Gasteiger partial charge in [-0.3, -0.25) is 9.80 Å². The highest BCUT2D eigenvalue weighted by atomic mass is 19.1. The van der Waals surface area contributed by atoms with Crippen molar-refractivity contribution in [2.45, 2.75) is 98.4 Å². The van der Waals surface area contributed by atoms with Crippen LogP contribution in [0.4, 0.5) is 32.3 Å². The molecular formula is C55H65F2N15O. The molecule has 2 atom stereocenters. The average molecular weight is 990 g/mol. The molecule has 3 saturated heterocycles. The Hall–Kier alpha value is -7.02. The third-order valence-electron chi connectivity index (χ3n) is 14.4. The average Bonchev–Trinajstić information content (AvgIpc) is 4.15. The van der Waals surface area contributed by atoms with E-state index < -0.39 is 11.6 Å². The van der Waals surface area contributed by atoms with E-state index >= 15 is 0 Å². The summed E-state index contributed by atoms with van der Waals surface area (Å²) in [4.78, 5) is 43.0. The van der Waals surface area contributed by atoms with E-state index in [1.54, 1.807) is 6.20 Å².